The Morgan fingerprint density at radius 1 is 1.07 bits per heavy atom. The molecule has 0 saturated heterocycles. The Hall–Kier alpha value is -4.15. The number of hydrogen-bond donors (Lipinski definition) is 1. The molecule has 0 aliphatic carbocycles. The van der Waals surface area contributed by atoms with Gasteiger partial charge in [-0.15, -0.1) is 11.8 Å². The van der Waals surface area contributed by atoms with Crippen LogP contribution < -0.4 is 15.0 Å². The number of nitrogens with zero attached hydrogens (tertiary/aromatic N) is 4. The number of para-hydroxylation sites is 1. The van der Waals surface area contributed by atoms with Gasteiger partial charge in [0.1, 0.15) is 23.9 Å². The van der Waals surface area contributed by atoms with E-state index in [4.69, 9.17) is 9.84 Å². The van der Waals surface area contributed by atoms with Gasteiger partial charge in [0.05, 0.1) is 29.5 Å². The summed E-state index contributed by atoms with van der Waals surface area (Å²) in [5.41, 5.74) is 3.77. The third-order valence-electron chi connectivity index (χ3n) is 6.81. The molecule has 0 spiro atoms. The third kappa shape index (κ3) is 6.13. The molecule has 0 radical (unpaired) electrons. The first-order valence-electron chi connectivity index (χ1n) is 13.3. The summed E-state index contributed by atoms with van der Waals surface area (Å²) in [6.45, 7) is 0.938. The highest BCUT2D eigenvalue weighted by Crippen LogP contribution is 2.50. The third-order valence-corrected chi connectivity index (χ3v) is 8.05. The van der Waals surface area contributed by atoms with E-state index in [0.29, 0.717) is 36.0 Å². The number of likely N-dealkylation sites (N-methyl/N-ethyl adjacent to an activating group) is 1. The van der Waals surface area contributed by atoms with Crippen LogP contribution in [0.1, 0.15) is 16.4 Å². The minimum atomic E-state index is -0.383. The smallest absolute Gasteiger partial charge is 0.240 e. The lowest BCUT2D eigenvalue weighted by atomic mass is 9.99. The molecule has 10 heteroatoms. The molecule has 1 aliphatic rings. The molecule has 1 aromatic heterocycles. The van der Waals surface area contributed by atoms with Crippen molar-refractivity contribution in [2.75, 3.05) is 51.5 Å². The molecule has 0 bridgehead atoms. The Bertz CT molecular complexity index is 1520. The monoisotopic (exact) mass is 573 g/mol. The van der Waals surface area contributed by atoms with Crippen molar-refractivity contribution < 1.29 is 18.7 Å². The lowest BCUT2D eigenvalue weighted by Gasteiger charge is -2.23. The van der Waals surface area contributed by atoms with Crippen molar-refractivity contribution >= 4 is 29.4 Å². The van der Waals surface area contributed by atoms with Gasteiger partial charge in [-0.3, -0.25) is 14.5 Å². The van der Waals surface area contributed by atoms with Crippen molar-refractivity contribution in [1.29, 1.82) is 0 Å². The summed E-state index contributed by atoms with van der Waals surface area (Å²) in [6.07, 6.45) is 0. The van der Waals surface area contributed by atoms with Crippen LogP contribution in [-0.4, -0.2) is 73.1 Å². The highest BCUT2D eigenvalue weighted by molar-refractivity contribution is 8.00. The fraction of sp³-hybridized carbons (Fsp3) is 0.258. The van der Waals surface area contributed by atoms with Crippen molar-refractivity contribution in [2.24, 2.45) is 0 Å². The van der Waals surface area contributed by atoms with Crippen LogP contribution in [0.2, 0.25) is 0 Å². The minimum Gasteiger partial charge on any atom is -0.496 e. The maximum atomic E-state index is 14.0. The topological polar surface area (TPSA) is 79.7 Å². The molecule has 8 nitrogen and oxygen atoms in total. The number of rotatable bonds is 9. The van der Waals surface area contributed by atoms with E-state index in [0.717, 1.165) is 16.7 Å². The number of anilines is 1. The van der Waals surface area contributed by atoms with Gasteiger partial charge in [0.2, 0.25) is 11.8 Å². The first-order valence-corrected chi connectivity index (χ1v) is 14.3. The maximum Gasteiger partial charge on any atom is 0.240 e. The van der Waals surface area contributed by atoms with Crippen LogP contribution in [0.3, 0.4) is 0 Å². The van der Waals surface area contributed by atoms with Crippen molar-refractivity contribution in [3.05, 3.63) is 95.8 Å². The number of carbonyl (C=O) groups excluding carboxylic acids is 2. The summed E-state index contributed by atoms with van der Waals surface area (Å²) in [6, 6.07) is 23.4. The molecule has 0 saturated carbocycles. The number of nitrogens with one attached hydrogen (secondary N) is 1. The van der Waals surface area contributed by atoms with Crippen molar-refractivity contribution in [1.82, 2.24) is 20.0 Å². The average Bonchev–Trinajstić information content (AvgIpc) is 3.30. The normalized spacial score (nSPS) is 15.0. The average molecular weight is 574 g/mol. The van der Waals surface area contributed by atoms with E-state index < -0.39 is 0 Å². The molecule has 41 heavy (non-hydrogen) atoms. The van der Waals surface area contributed by atoms with Gasteiger partial charge in [0.25, 0.3) is 0 Å². The van der Waals surface area contributed by atoms with Crippen molar-refractivity contribution in [2.45, 2.75) is 5.25 Å². The van der Waals surface area contributed by atoms with E-state index in [1.165, 1.54) is 28.8 Å². The van der Waals surface area contributed by atoms with Gasteiger partial charge in [-0.1, -0.05) is 48.5 Å². The zero-order valence-electron chi connectivity index (χ0n) is 23.2. The predicted molar refractivity (Wildman–Crippen MR) is 160 cm³/mol. The summed E-state index contributed by atoms with van der Waals surface area (Å²) in [5, 5.41) is 7.60. The van der Waals surface area contributed by atoms with Crippen LogP contribution in [0, 0.1) is 5.82 Å². The van der Waals surface area contributed by atoms with Crippen molar-refractivity contribution in [3.63, 3.8) is 0 Å². The largest absolute Gasteiger partial charge is 0.496 e. The standard InChI is InChI=1S/C31H32FN5O3S/c1-35(2)18-17-33-26(38)19-36-27(39)20-41-30(24-11-7-8-12-25(24)40-3)28-29(21-9-5-4-6-10-21)34-37(31(28)36)23-15-13-22(32)14-16-23/h4-16,30H,17-20H2,1-3H3,(H,33,38)/t30-/m0/s1. The highest BCUT2D eigenvalue weighted by atomic mass is 32.2. The van der Waals surface area contributed by atoms with Crippen LogP contribution in [0.25, 0.3) is 16.9 Å². The Morgan fingerprint density at radius 2 is 1.78 bits per heavy atom. The number of halogens is 1. The maximum absolute atomic E-state index is 14.0. The zero-order valence-corrected chi connectivity index (χ0v) is 24.0. The molecule has 212 valence electrons. The SMILES string of the molecule is COc1ccccc1[C@@H]1SCC(=O)N(CC(=O)NCCN(C)C)c2c1c(-c1ccccc1)nn2-c1ccc(F)cc1. The van der Waals surface area contributed by atoms with Gasteiger partial charge in [-0.25, -0.2) is 9.07 Å². The van der Waals surface area contributed by atoms with Gasteiger partial charge in [0.15, 0.2) is 0 Å². The van der Waals surface area contributed by atoms with Crippen LogP contribution in [-0.2, 0) is 9.59 Å². The lowest BCUT2D eigenvalue weighted by Crippen LogP contribution is -2.43. The summed E-state index contributed by atoms with van der Waals surface area (Å²) in [7, 11) is 5.48. The molecular formula is C31H32FN5O3S. The molecule has 1 atom stereocenters. The van der Waals surface area contributed by atoms with Gasteiger partial charge in [-0.05, 0) is 44.4 Å². The molecule has 5 rings (SSSR count). The summed E-state index contributed by atoms with van der Waals surface area (Å²) < 4.78 is 21.3. The lowest BCUT2D eigenvalue weighted by molar-refractivity contribution is -0.122. The van der Waals surface area contributed by atoms with E-state index in [-0.39, 0.29) is 35.2 Å². The van der Waals surface area contributed by atoms with Crippen LogP contribution in [0.4, 0.5) is 10.2 Å². The summed E-state index contributed by atoms with van der Waals surface area (Å²) >= 11 is 1.47. The van der Waals surface area contributed by atoms with E-state index in [1.54, 1.807) is 23.9 Å². The van der Waals surface area contributed by atoms with E-state index in [2.05, 4.69) is 5.32 Å². The van der Waals surface area contributed by atoms with Crippen LogP contribution in [0.5, 0.6) is 5.75 Å². The van der Waals surface area contributed by atoms with E-state index >= 15 is 0 Å². The minimum absolute atomic E-state index is 0.139. The number of thioether (sulfide) groups is 1. The number of fused-ring (bicyclic) bond motifs is 1. The molecule has 1 aliphatic heterocycles. The highest BCUT2D eigenvalue weighted by Gasteiger charge is 2.38. The van der Waals surface area contributed by atoms with E-state index in [9.17, 15) is 14.0 Å². The molecule has 2 amide bonds. The molecule has 0 unspecified atom stereocenters. The molecule has 1 N–H and O–H groups in total. The number of ether oxygens (including phenoxy) is 1. The Morgan fingerprint density at radius 3 is 2.49 bits per heavy atom. The predicted octanol–water partition coefficient (Wildman–Crippen LogP) is 4.53. The molecule has 4 aromatic rings. The van der Waals surface area contributed by atoms with Crippen LogP contribution >= 0.6 is 11.8 Å². The first kappa shape index (κ1) is 28.4. The fourth-order valence-corrected chi connectivity index (χ4v) is 6.06. The molecule has 0 fully saturated rings. The number of amides is 2. The summed E-state index contributed by atoms with van der Waals surface area (Å²) in [5.74, 6) is 0.418. The Labute approximate surface area is 243 Å². The quantitative estimate of drug-likeness (QED) is 0.317. The molecular weight excluding hydrogens is 541 g/mol. The second kappa shape index (κ2) is 12.6. The van der Waals surface area contributed by atoms with Gasteiger partial charge in [0, 0.05) is 29.8 Å². The number of hydrogen-bond acceptors (Lipinski definition) is 6. The number of carbonyl (C=O) groups is 2. The Kier molecular flexibility index (Phi) is 8.70. The fourth-order valence-electron chi connectivity index (χ4n) is 4.84. The number of benzene rings is 3. The molecule has 3 aromatic carbocycles. The van der Waals surface area contributed by atoms with E-state index in [1.807, 2.05) is 73.6 Å². The Balaban J connectivity index is 1.74. The number of methoxy groups -OCH3 is 1. The zero-order chi connectivity index (χ0) is 28.9. The molecule has 2 heterocycles. The van der Waals surface area contributed by atoms with Gasteiger partial charge < -0.3 is 15.0 Å². The summed E-state index contributed by atoms with van der Waals surface area (Å²) in [4.78, 5) is 30.4. The van der Waals surface area contributed by atoms with Gasteiger partial charge in [-0.2, -0.15) is 5.10 Å². The van der Waals surface area contributed by atoms with Gasteiger partial charge >= 0.3 is 0 Å². The number of aromatic nitrogens is 2. The first-order chi connectivity index (χ1) is 19.9. The van der Waals surface area contributed by atoms with Crippen molar-refractivity contribution in [3.8, 4) is 22.7 Å². The second-order valence-corrected chi connectivity index (χ2v) is 11.0. The second-order valence-electron chi connectivity index (χ2n) is 9.91. The van der Waals surface area contributed by atoms with Crippen LogP contribution in [0.15, 0.2) is 78.9 Å².